The molecule has 0 heterocycles. The van der Waals surface area contributed by atoms with E-state index in [1.54, 1.807) is 0 Å². The monoisotopic (exact) mass is 179 g/mol. The summed E-state index contributed by atoms with van der Waals surface area (Å²) in [5, 5.41) is 0.959. The maximum Gasteiger partial charge on any atom is 0.217 e. The number of carbonyl (C=O) groups is 1. The zero-order valence-corrected chi connectivity index (χ0v) is 6.28. The van der Waals surface area contributed by atoms with E-state index in [0.29, 0.717) is 6.42 Å². The van der Waals surface area contributed by atoms with Crippen molar-refractivity contribution in [1.82, 2.24) is 0 Å². The van der Waals surface area contributed by atoms with Crippen molar-refractivity contribution >= 4 is 21.8 Å². The zero-order chi connectivity index (χ0) is 6.41. The van der Waals surface area contributed by atoms with Gasteiger partial charge in [0.2, 0.25) is 5.91 Å². The fourth-order valence-corrected chi connectivity index (χ4v) is 0.790. The van der Waals surface area contributed by atoms with E-state index in [-0.39, 0.29) is 5.91 Å². The minimum Gasteiger partial charge on any atom is -0.370 e. The Hall–Kier alpha value is -0.0500. The van der Waals surface area contributed by atoms with Crippen LogP contribution in [-0.4, -0.2) is 11.2 Å². The van der Waals surface area contributed by atoms with E-state index in [4.69, 9.17) is 5.73 Å². The quantitative estimate of drug-likeness (QED) is 0.509. The van der Waals surface area contributed by atoms with Crippen LogP contribution in [-0.2, 0) is 4.79 Å². The summed E-state index contributed by atoms with van der Waals surface area (Å²) < 4.78 is 0. The number of amides is 1. The van der Waals surface area contributed by atoms with E-state index < -0.39 is 0 Å². The van der Waals surface area contributed by atoms with Crippen molar-refractivity contribution in [1.29, 1.82) is 0 Å². The Labute approximate surface area is 57.6 Å². The number of halogens is 1. The predicted molar refractivity (Wildman–Crippen MR) is 36.8 cm³/mol. The third-order valence-corrected chi connectivity index (χ3v) is 1.37. The van der Waals surface area contributed by atoms with Crippen LogP contribution in [0, 0.1) is 0 Å². The van der Waals surface area contributed by atoms with Crippen LogP contribution in [0.3, 0.4) is 0 Å². The van der Waals surface area contributed by atoms with Gasteiger partial charge in [0.25, 0.3) is 0 Å². The third kappa shape index (κ3) is 5.95. The Bertz CT molecular complexity index is 74.8. The molecule has 0 spiro atoms. The van der Waals surface area contributed by atoms with Gasteiger partial charge in [-0.3, -0.25) is 4.79 Å². The van der Waals surface area contributed by atoms with Crippen LogP contribution in [0.15, 0.2) is 0 Å². The van der Waals surface area contributed by atoms with Crippen LogP contribution in [0.1, 0.15) is 19.3 Å². The lowest BCUT2D eigenvalue weighted by molar-refractivity contribution is -0.118. The minimum absolute atomic E-state index is 0.203. The van der Waals surface area contributed by atoms with Crippen LogP contribution in [0.4, 0.5) is 0 Å². The summed E-state index contributed by atoms with van der Waals surface area (Å²) >= 11 is 3.25. The van der Waals surface area contributed by atoms with E-state index in [1.165, 1.54) is 0 Å². The topological polar surface area (TPSA) is 43.1 Å². The van der Waals surface area contributed by atoms with Gasteiger partial charge < -0.3 is 5.73 Å². The second-order valence-corrected chi connectivity index (χ2v) is 2.41. The molecule has 3 heteroatoms. The van der Waals surface area contributed by atoms with E-state index in [1.807, 2.05) is 0 Å². The first kappa shape index (κ1) is 7.95. The van der Waals surface area contributed by atoms with Gasteiger partial charge in [-0.2, -0.15) is 0 Å². The van der Waals surface area contributed by atoms with Crippen molar-refractivity contribution in [3.05, 3.63) is 0 Å². The molecular weight excluding hydrogens is 170 g/mol. The average molecular weight is 180 g/mol. The van der Waals surface area contributed by atoms with Gasteiger partial charge in [-0.05, 0) is 12.8 Å². The average Bonchev–Trinajstić information content (AvgIpc) is 1.66. The Kier molecular flexibility index (Phi) is 5.06. The summed E-state index contributed by atoms with van der Waals surface area (Å²) in [7, 11) is 0. The molecule has 0 aliphatic heterocycles. The minimum atomic E-state index is -0.203. The molecule has 0 saturated heterocycles. The normalized spacial score (nSPS) is 9.12. The highest BCUT2D eigenvalue weighted by molar-refractivity contribution is 9.09. The molecule has 0 unspecified atom stereocenters. The Morgan fingerprint density at radius 1 is 1.50 bits per heavy atom. The van der Waals surface area contributed by atoms with Crippen molar-refractivity contribution in [2.75, 3.05) is 5.33 Å². The Morgan fingerprint density at radius 2 is 2.12 bits per heavy atom. The molecule has 2 N–H and O–H groups in total. The first-order chi connectivity index (χ1) is 3.77. The summed E-state index contributed by atoms with van der Waals surface area (Å²) in [6.07, 6.45) is 2.45. The SMILES string of the molecule is NC(=O)CCCCBr. The van der Waals surface area contributed by atoms with Gasteiger partial charge in [0.05, 0.1) is 0 Å². The van der Waals surface area contributed by atoms with Crippen molar-refractivity contribution in [2.24, 2.45) is 5.73 Å². The first-order valence-electron chi connectivity index (χ1n) is 2.61. The number of carbonyl (C=O) groups excluding carboxylic acids is 1. The van der Waals surface area contributed by atoms with Crippen molar-refractivity contribution in [3.63, 3.8) is 0 Å². The van der Waals surface area contributed by atoms with Crippen molar-refractivity contribution in [3.8, 4) is 0 Å². The second kappa shape index (κ2) is 5.09. The predicted octanol–water partition coefficient (Wildman–Crippen LogP) is 1.04. The number of nitrogens with two attached hydrogens (primary N) is 1. The molecule has 0 aromatic carbocycles. The molecule has 0 radical (unpaired) electrons. The second-order valence-electron chi connectivity index (χ2n) is 1.61. The van der Waals surface area contributed by atoms with E-state index in [9.17, 15) is 4.79 Å². The molecule has 0 rings (SSSR count). The number of alkyl halides is 1. The fourth-order valence-electron chi connectivity index (χ4n) is 0.394. The van der Waals surface area contributed by atoms with Gasteiger partial charge in [-0.15, -0.1) is 0 Å². The first-order valence-corrected chi connectivity index (χ1v) is 3.74. The summed E-state index contributed by atoms with van der Waals surface area (Å²) in [5.74, 6) is -0.203. The van der Waals surface area contributed by atoms with Gasteiger partial charge in [-0.1, -0.05) is 15.9 Å². The number of unbranched alkanes of at least 4 members (excludes halogenated alkanes) is 1. The molecule has 0 saturated carbocycles. The zero-order valence-electron chi connectivity index (χ0n) is 4.69. The summed E-state index contributed by atoms with van der Waals surface area (Å²) in [6, 6.07) is 0. The number of rotatable bonds is 4. The van der Waals surface area contributed by atoms with E-state index in [0.717, 1.165) is 18.2 Å². The lowest BCUT2D eigenvalue weighted by Gasteiger charge is -1.89. The number of primary amides is 1. The number of hydrogen-bond acceptors (Lipinski definition) is 1. The van der Waals surface area contributed by atoms with Crippen molar-refractivity contribution < 1.29 is 4.79 Å². The van der Waals surface area contributed by atoms with Crippen LogP contribution in [0.25, 0.3) is 0 Å². The molecule has 0 aromatic heterocycles. The summed E-state index contributed by atoms with van der Waals surface area (Å²) in [5.41, 5.74) is 4.88. The van der Waals surface area contributed by atoms with E-state index in [2.05, 4.69) is 15.9 Å². The summed E-state index contributed by atoms with van der Waals surface area (Å²) in [6.45, 7) is 0. The standard InChI is InChI=1S/C5H10BrNO/c6-4-2-1-3-5(7)8/h1-4H2,(H2,7,8). The lowest BCUT2D eigenvalue weighted by Crippen LogP contribution is -2.09. The lowest BCUT2D eigenvalue weighted by atomic mass is 10.2. The molecule has 2 nitrogen and oxygen atoms in total. The van der Waals surface area contributed by atoms with Crippen LogP contribution < -0.4 is 5.73 Å². The maximum atomic E-state index is 10.1. The maximum absolute atomic E-state index is 10.1. The smallest absolute Gasteiger partial charge is 0.217 e. The van der Waals surface area contributed by atoms with Gasteiger partial charge >= 0.3 is 0 Å². The molecule has 0 aliphatic rings. The summed E-state index contributed by atoms with van der Waals surface area (Å²) in [4.78, 5) is 10.1. The van der Waals surface area contributed by atoms with Gasteiger partial charge in [0, 0.05) is 11.8 Å². The molecular formula is C5H10BrNO. The Balaban J connectivity index is 2.82. The fraction of sp³-hybridized carbons (Fsp3) is 0.800. The molecule has 8 heavy (non-hydrogen) atoms. The molecule has 0 aromatic rings. The third-order valence-electron chi connectivity index (χ3n) is 0.807. The van der Waals surface area contributed by atoms with Crippen LogP contribution in [0.2, 0.25) is 0 Å². The molecule has 0 fully saturated rings. The molecule has 1 amide bonds. The molecule has 0 aliphatic carbocycles. The van der Waals surface area contributed by atoms with Gasteiger partial charge in [0.15, 0.2) is 0 Å². The highest BCUT2D eigenvalue weighted by Crippen LogP contribution is 1.96. The highest BCUT2D eigenvalue weighted by Gasteiger charge is 1.90. The molecule has 48 valence electrons. The largest absolute Gasteiger partial charge is 0.370 e. The van der Waals surface area contributed by atoms with Crippen molar-refractivity contribution in [2.45, 2.75) is 19.3 Å². The van der Waals surface area contributed by atoms with Crippen LogP contribution in [0.5, 0.6) is 0 Å². The Morgan fingerprint density at radius 3 is 2.50 bits per heavy atom. The van der Waals surface area contributed by atoms with Gasteiger partial charge in [0.1, 0.15) is 0 Å². The van der Waals surface area contributed by atoms with Gasteiger partial charge in [-0.25, -0.2) is 0 Å². The molecule has 0 atom stereocenters. The highest BCUT2D eigenvalue weighted by atomic mass is 79.9. The molecule has 0 bridgehead atoms. The van der Waals surface area contributed by atoms with Crippen LogP contribution >= 0.6 is 15.9 Å². The number of hydrogen-bond donors (Lipinski definition) is 1. The van der Waals surface area contributed by atoms with E-state index >= 15 is 0 Å².